The van der Waals surface area contributed by atoms with E-state index in [-0.39, 0.29) is 39.1 Å². The number of esters is 2. The molecular weight excluding hydrogens is 697 g/mol. The molecule has 53 heavy (non-hydrogen) atoms. The molecule has 0 aromatic heterocycles. The van der Waals surface area contributed by atoms with Crippen molar-refractivity contribution >= 4 is 25.7 Å². The lowest BCUT2D eigenvalue weighted by molar-refractivity contribution is -0.161. The smallest absolute Gasteiger partial charge is 0.472 e. The van der Waals surface area contributed by atoms with Crippen LogP contribution in [0, 0.1) is 0 Å². The molecule has 1 unspecified atom stereocenters. The molecule has 0 aromatic rings. The molecule has 0 aliphatic rings. The number of hydrogen-bond donors (Lipinski definition) is 3. The number of nitrogens with one attached hydrogen (secondary N) is 1. The first-order valence-electron chi connectivity index (χ1n) is 20.9. The van der Waals surface area contributed by atoms with Crippen LogP contribution in [-0.4, -0.2) is 66.9 Å². The first-order valence-corrected chi connectivity index (χ1v) is 22.4. The monoisotopic (exact) mass is 774 g/mol. The van der Waals surface area contributed by atoms with Crippen LogP contribution in [-0.2, 0) is 37.5 Å². The molecule has 11 nitrogen and oxygen atoms in total. The molecule has 310 valence electrons. The van der Waals surface area contributed by atoms with Gasteiger partial charge in [-0.25, -0.2) is 4.57 Å². The van der Waals surface area contributed by atoms with Gasteiger partial charge in [-0.15, -0.1) is 0 Å². The summed E-state index contributed by atoms with van der Waals surface area (Å²) in [6, 6.07) is 0. The molecule has 0 aromatic carbocycles. The quantitative estimate of drug-likeness (QED) is 0.0235. The van der Waals surface area contributed by atoms with Crippen LogP contribution in [0.5, 0.6) is 0 Å². The van der Waals surface area contributed by atoms with Crippen LogP contribution in [0.4, 0.5) is 0 Å². The van der Waals surface area contributed by atoms with Crippen molar-refractivity contribution in [3.05, 3.63) is 24.3 Å². The van der Waals surface area contributed by atoms with E-state index in [1.54, 1.807) is 0 Å². The van der Waals surface area contributed by atoms with Gasteiger partial charge in [0.2, 0.25) is 0 Å². The average Bonchev–Trinajstić information content (AvgIpc) is 3.12. The number of aliphatic carboxylic acids is 1. The number of carboxylic acid groups (broad SMARTS) is 1. The standard InChI is InChI=1S/C41H76NO10P/c1-3-5-7-9-11-13-15-17-18-20-22-24-26-28-30-32-41(46)52-38(37-51-53(47,48)50-34-33-42-35-39(43)44)36-49-40(45)31-29-27-25-23-21-19-16-14-12-10-8-6-4-2/h11,13,17-18,38,42H,3-10,12,14-16,19-37H2,1-2H3,(H,43,44)(H,47,48)/b13-11-,18-17-/t38-/m1/s1. The molecule has 0 rings (SSSR count). The minimum atomic E-state index is -4.53. The van der Waals surface area contributed by atoms with E-state index in [0.717, 1.165) is 64.2 Å². The molecule has 0 saturated heterocycles. The van der Waals surface area contributed by atoms with Crippen molar-refractivity contribution in [3.8, 4) is 0 Å². The molecule has 0 bridgehead atoms. The van der Waals surface area contributed by atoms with E-state index in [0.29, 0.717) is 12.8 Å². The third kappa shape index (κ3) is 39.5. The Morgan fingerprint density at radius 1 is 0.623 bits per heavy atom. The molecule has 2 atom stereocenters. The second-order valence-electron chi connectivity index (χ2n) is 13.9. The van der Waals surface area contributed by atoms with Crippen molar-refractivity contribution in [2.45, 2.75) is 187 Å². The van der Waals surface area contributed by atoms with E-state index in [4.69, 9.17) is 23.6 Å². The molecule has 0 radical (unpaired) electrons. The highest BCUT2D eigenvalue weighted by atomic mass is 31.2. The van der Waals surface area contributed by atoms with Crippen LogP contribution in [0.15, 0.2) is 24.3 Å². The predicted octanol–water partition coefficient (Wildman–Crippen LogP) is 10.5. The summed E-state index contributed by atoms with van der Waals surface area (Å²) in [6.07, 6.45) is 35.6. The van der Waals surface area contributed by atoms with Crippen molar-refractivity contribution < 1.29 is 47.5 Å². The Morgan fingerprint density at radius 2 is 1.09 bits per heavy atom. The highest BCUT2D eigenvalue weighted by Gasteiger charge is 2.26. The van der Waals surface area contributed by atoms with E-state index in [2.05, 4.69) is 43.5 Å². The molecule has 0 saturated carbocycles. The van der Waals surface area contributed by atoms with E-state index in [1.807, 2.05) is 0 Å². The zero-order valence-corrected chi connectivity index (χ0v) is 34.3. The number of rotatable bonds is 40. The second-order valence-corrected chi connectivity index (χ2v) is 15.4. The summed E-state index contributed by atoms with van der Waals surface area (Å²) in [5.41, 5.74) is 0. The Morgan fingerprint density at radius 3 is 1.64 bits per heavy atom. The first-order chi connectivity index (χ1) is 25.7. The molecular formula is C41H76NO10P. The molecule has 12 heteroatoms. The highest BCUT2D eigenvalue weighted by Crippen LogP contribution is 2.43. The molecule has 0 heterocycles. The lowest BCUT2D eigenvalue weighted by Crippen LogP contribution is -2.30. The topological polar surface area (TPSA) is 158 Å². The molecule has 0 aliphatic heterocycles. The maximum absolute atomic E-state index is 12.6. The highest BCUT2D eigenvalue weighted by molar-refractivity contribution is 7.47. The Kier molecular flexibility index (Phi) is 36.8. The fourth-order valence-electron chi connectivity index (χ4n) is 5.63. The summed E-state index contributed by atoms with van der Waals surface area (Å²) in [4.78, 5) is 45.7. The first kappa shape index (κ1) is 51.0. The van der Waals surface area contributed by atoms with Crippen LogP contribution in [0.1, 0.15) is 181 Å². The van der Waals surface area contributed by atoms with Gasteiger partial charge in [-0.05, 0) is 44.9 Å². The Hall–Kier alpha value is -2.04. The summed E-state index contributed by atoms with van der Waals surface area (Å²) in [5.74, 6) is -1.99. The zero-order chi connectivity index (χ0) is 39.1. The van der Waals surface area contributed by atoms with Gasteiger partial charge in [0.15, 0.2) is 6.10 Å². The summed E-state index contributed by atoms with van der Waals surface area (Å²) in [5, 5.41) is 11.2. The van der Waals surface area contributed by atoms with Gasteiger partial charge in [-0.3, -0.25) is 23.4 Å². The third-order valence-corrected chi connectivity index (χ3v) is 9.76. The van der Waals surface area contributed by atoms with Crippen molar-refractivity contribution in [1.29, 1.82) is 0 Å². The average molecular weight is 774 g/mol. The third-order valence-electron chi connectivity index (χ3n) is 8.78. The van der Waals surface area contributed by atoms with Crippen molar-refractivity contribution in [1.82, 2.24) is 5.32 Å². The molecule has 0 spiro atoms. The van der Waals surface area contributed by atoms with E-state index < -0.39 is 38.4 Å². The fraction of sp³-hybridized carbons (Fsp3) is 0.829. The lowest BCUT2D eigenvalue weighted by Gasteiger charge is -2.20. The van der Waals surface area contributed by atoms with Gasteiger partial charge in [-0.1, -0.05) is 147 Å². The van der Waals surface area contributed by atoms with Gasteiger partial charge in [0, 0.05) is 19.4 Å². The maximum atomic E-state index is 12.6. The largest absolute Gasteiger partial charge is 0.480 e. The number of phosphoric acid groups is 1. The second kappa shape index (κ2) is 38.2. The van der Waals surface area contributed by atoms with E-state index in [9.17, 15) is 23.8 Å². The summed E-state index contributed by atoms with van der Waals surface area (Å²) >= 11 is 0. The van der Waals surface area contributed by atoms with Gasteiger partial charge in [0.1, 0.15) is 6.61 Å². The maximum Gasteiger partial charge on any atom is 0.472 e. The Bertz CT molecular complexity index is 990. The number of ether oxygens (including phenoxy) is 2. The predicted molar refractivity (Wildman–Crippen MR) is 213 cm³/mol. The van der Waals surface area contributed by atoms with Gasteiger partial charge < -0.3 is 24.8 Å². The van der Waals surface area contributed by atoms with Crippen LogP contribution in [0.3, 0.4) is 0 Å². The molecule has 0 aliphatic carbocycles. The van der Waals surface area contributed by atoms with Gasteiger partial charge in [0.05, 0.1) is 19.8 Å². The van der Waals surface area contributed by atoms with E-state index in [1.165, 1.54) is 77.0 Å². The normalized spacial score (nSPS) is 13.4. The summed E-state index contributed by atoms with van der Waals surface area (Å²) in [7, 11) is -4.53. The number of carbonyl (C=O) groups is 3. The van der Waals surface area contributed by atoms with Crippen LogP contribution >= 0.6 is 7.82 Å². The SMILES string of the molecule is CCCCC/C=C\C/C=C\CCCCCCCC(=O)O[C@H](COC(=O)CCCCCCCCCCCCCCC)COP(=O)(O)OCCNCC(=O)O. The van der Waals surface area contributed by atoms with Crippen molar-refractivity contribution in [3.63, 3.8) is 0 Å². The minimum Gasteiger partial charge on any atom is -0.480 e. The number of hydrogen-bond acceptors (Lipinski definition) is 9. The van der Waals surface area contributed by atoms with Crippen LogP contribution in [0.2, 0.25) is 0 Å². The van der Waals surface area contributed by atoms with Crippen molar-refractivity contribution in [2.24, 2.45) is 0 Å². The van der Waals surface area contributed by atoms with Gasteiger partial charge in [-0.2, -0.15) is 0 Å². The Labute approximate surface area is 322 Å². The lowest BCUT2D eigenvalue weighted by atomic mass is 10.0. The van der Waals surface area contributed by atoms with Gasteiger partial charge in [0.25, 0.3) is 0 Å². The molecule has 3 N–H and O–H groups in total. The Balaban J connectivity index is 4.42. The summed E-state index contributed by atoms with van der Waals surface area (Å²) < 4.78 is 33.1. The summed E-state index contributed by atoms with van der Waals surface area (Å²) in [6.45, 7) is 3.07. The number of phosphoric ester groups is 1. The van der Waals surface area contributed by atoms with Crippen LogP contribution < -0.4 is 5.32 Å². The fourth-order valence-corrected chi connectivity index (χ4v) is 6.38. The minimum absolute atomic E-state index is 0.0168. The number of unbranched alkanes of at least 4 members (excludes halogenated alkanes) is 20. The zero-order valence-electron chi connectivity index (χ0n) is 33.4. The number of allylic oxidation sites excluding steroid dienone is 4. The number of carboxylic acids is 1. The van der Waals surface area contributed by atoms with Gasteiger partial charge >= 0.3 is 25.7 Å². The number of carbonyl (C=O) groups excluding carboxylic acids is 2. The van der Waals surface area contributed by atoms with Crippen LogP contribution in [0.25, 0.3) is 0 Å². The molecule has 0 fully saturated rings. The molecule has 0 amide bonds. The van der Waals surface area contributed by atoms with Crippen molar-refractivity contribution in [2.75, 3.05) is 32.9 Å². The van der Waals surface area contributed by atoms with E-state index >= 15 is 0 Å².